The van der Waals surface area contributed by atoms with Gasteiger partial charge in [-0.3, -0.25) is 0 Å². The van der Waals surface area contributed by atoms with Crippen molar-refractivity contribution in [2.45, 2.75) is 13.0 Å². The standard InChI is InChI=1S/C25H21ClFN5/c1-31(20-12-8-18(27)9-13-20)16-25-28-19(15-32(25)21-10-6-17(26)7-11-21)14-24-29-22-4-2-3-5-23(22)30-24/h2-13,15H,14,16H2,1H3,(H,29,30). The smallest absolute Gasteiger partial charge is 0.133 e. The highest BCUT2D eigenvalue weighted by atomic mass is 35.5. The number of nitrogens with one attached hydrogen (secondary N) is 1. The average molecular weight is 446 g/mol. The van der Waals surface area contributed by atoms with Crippen LogP contribution in [-0.4, -0.2) is 26.6 Å². The minimum atomic E-state index is -0.252. The van der Waals surface area contributed by atoms with E-state index in [4.69, 9.17) is 16.6 Å². The summed E-state index contributed by atoms with van der Waals surface area (Å²) in [5.74, 6) is 1.48. The third kappa shape index (κ3) is 4.22. The Morgan fingerprint density at radius 2 is 1.72 bits per heavy atom. The molecule has 0 radical (unpaired) electrons. The van der Waals surface area contributed by atoms with E-state index in [2.05, 4.69) is 14.5 Å². The number of aromatic amines is 1. The largest absolute Gasteiger partial charge is 0.367 e. The van der Waals surface area contributed by atoms with Crippen molar-refractivity contribution in [1.82, 2.24) is 19.5 Å². The van der Waals surface area contributed by atoms with Gasteiger partial charge in [0.15, 0.2) is 0 Å². The number of anilines is 1. The first kappa shape index (κ1) is 20.3. The van der Waals surface area contributed by atoms with Crippen LogP contribution in [0.3, 0.4) is 0 Å². The van der Waals surface area contributed by atoms with Crippen molar-refractivity contribution in [3.63, 3.8) is 0 Å². The van der Waals surface area contributed by atoms with Crippen LogP contribution in [0.1, 0.15) is 17.3 Å². The number of benzene rings is 3. The van der Waals surface area contributed by atoms with Crippen molar-refractivity contribution < 1.29 is 4.39 Å². The molecule has 3 aromatic carbocycles. The molecule has 0 fully saturated rings. The zero-order valence-corrected chi connectivity index (χ0v) is 18.2. The molecule has 2 heterocycles. The van der Waals surface area contributed by atoms with Crippen LogP contribution in [0.2, 0.25) is 5.02 Å². The number of rotatable bonds is 6. The second-order valence-corrected chi connectivity index (χ2v) is 8.14. The van der Waals surface area contributed by atoms with Gasteiger partial charge in [0, 0.05) is 36.1 Å². The molecule has 5 rings (SSSR count). The van der Waals surface area contributed by atoms with Crippen molar-refractivity contribution >= 4 is 28.3 Å². The molecule has 5 nitrogen and oxygen atoms in total. The molecule has 2 aromatic heterocycles. The minimum absolute atomic E-state index is 0.252. The second kappa shape index (κ2) is 8.48. The predicted molar refractivity (Wildman–Crippen MR) is 126 cm³/mol. The molecule has 0 spiro atoms. The summed E-state index contributed by atoms with van der Waals surface area (Å²) in [5.41, 5.74) is 4.74. The summed E-state index contributed by atoms with van der Waals surface area (Å²) in [6.07, 6.45) is 2.62. The van der Waals surface area contributed by atoms with Gasteiger partial charge in [-0.2, -0.15) is 0 Å². The number of imidazole rings is 2. The molecular formula is C25H21ClFN5. The fourth-order valence-corrected chi connectivity index (χ4v) is 3.88. The number of aromatic nitrogens is 4. The summed E-state index contributed by atoms with van der Waals surface area (Å²) >= 11 is 6.09. The molecule has 0 aliphatic rings. The molecule has 0 unspecified atom stereocenters. The molecule has 0 bridgehead atoms. The topological polar surface area (TPSA) is 49.7 Å². The van der Waals surface area contributed by atoms with Crippen molar-refractivity contribution in [2.24, 2.45) is 0 Å². The van der Waals surface area contributed by atoms with Crippen LogP contribution in [0.25, 0.3) is 16.7 Å². The van der Waals surface area contributed by atoms with E-state index in [9.17, 15) is 4.39 Å². The van der Waals surface area contributed by atoms with E-state index in [0.717, 1.165) is 39.8 Å². The van der Waals surface area contributed by atoms with Gasteiger partial charge in [0.25, 0.3) is 0 Å². The van der Waals surface area contributed by atoms with Gasteiger partial charge >= 0.3 is 0 Å². The highest BCUT2D eigenvalue weighted by Gasteiger charge is 2.14. The fourth-order valence-electron chi connectivity index (χ4n) is 3.75. The first-order valence-electron chi connectivity index (χ1n) is 10.3. The number of para-hydroxylation sites is 2. The highest BCUT2D eigenvalue weighted by Crippen LogP contribution is 2.21. The number of H-pyrrole nitrogens is 1. The lowest BCUT2D eigenvalue weighted by molar-refractivity contribution is 0.627. The number of hydrogen-bond donors (Lipinski definition) is 1. The van der Waals surface area contributed by atoms with Crippen LogP contribution in [0.5, 0.6) is 0 Å². The Hall–Kier alpha value is -3.64. The monoisotopic (exact) mass is 445 g/mol. The van der Waals surface area contributed by atoms with Crippen LogP contribution in [-0.2, 0) is 13.0 Å². The van der Waals surface area contributed by atoms with Crippen LogP contribution in [0.4, 0.5) is 10.1 Å². The van der Waals surface area contributed by atoms with Gasteiger partial charge in [-0.1, -0.05) is 23.7 Å². The van der Waals surface area contributed by atoms with Crippen molar-refractivity contribution in [2.75, 3.05) is 11.9 Å². The van der Waals surface area contributed by atoms with Crippen molar-refractivity contribution in [1.29, 1.82) is 0 Å². The van der Waals surface area contributed by atoms with Gasteiger partial charge in [0.2, 0.25) is 0 Å². The van der Waals surface area contributed by atoms with Crippen LogP contribution >= 0.6 is 11.6 Å². The van der Waals surface area contributed by atoms with Crippen molar-refractivity contribution in [3.05, 3.63) is 107 Å². The molecule has 0 amide bonds. The van der Waals surface area contributed by atoms with Crippen molar-refractivity contribution in [3.8, 4) is 5.69 Å². The molecule has 160 valence electrons. The van der Waals surface area contributed by atoms with Crippen LogP contribution in [0, 0.1) is 5.82 Å². The van der Waals surface area contributed by atoms with Gasteiger partial charge < -0.3 is 14.5 Å². The Kier molecular flexibility index (Phi) is 5.37. The fraction of sp³-hybridized carbons (Fsp3) is 0.120. The molecule has 7 heteroatoms. The third-order valence-corrected chi connectivity index (χ3v) is 5.62. The molecule has 32 heavy (non-hydrogen) atoms. The summed E-state index contributed by atoms with van der Waals surface area (Å²) in [6.45, 7) is 0.550. The summed E-state index contributed by atoms with van der Waals surface area (Å²) in [4.78, 5) is 15.0. The second-order valence-electron chi connectivity index (χ2n) is 7.70. The Morgan fingerprint density at radius 3 is 2.47 bits per heavy atom. The maximum atomic E-state index is 13.3. The molecule has 0 saturated heterocycles. The minimum Gasteiger partial charge on any atom is -0.367 e. The Morgan fingerprint density at radius 1 is 0.969 bits per heavy atom. The number of nitrogens with zero attached hydrogens (tertiary/aromatic N) is 4. The maximum Gasteiger partial charge on any atom is 0.133 e. The van der Waals surface area contributed by atoms with E-state index in [1.165, 1.54) is 12.1 Å². The first-order valence-corrected chi connectivity index (χ1v) is 10.7. The Balaban J connectivity index is 1.48. The molecule has 1 N–H and O–H groups in total. The molecule has 0 atom stereocenters. The highest BCUT2D eigenvalue weighted by molar-refractivity contribution is 6.30. The lowest BCUT2D eigenvalue weighted by Gasteiger charge is -2.19. The first-order chi connectivity index (χ1) is 15.5. The van der Waals surface area contributed by atoms with E-state index in [-0.39, 0.29) is 5.82 Å². The Bertz CT molecular complexity index is 1320. The molecular weight excluding hydrogens is 425 g/mol. The third-order valence-electron chi connectivity index (χ3n) is 5.37. The van der Waals surface area contributed by atoms with Crippen LogP contribution < -0.4 is 4.90 Å². The van der Waals surface area contributed by atoms with Gasteiger partial charge in [0.1, 0.15) is 17.5 Å². The zero-order valence-electron chi connectivity index (χ0n) is 17.5. The van der Waals surface area contributed by atoms with Crippen LogP contribution in [0.15, 0.2) is 79.0 Å². The zero-order chi connectivity index (χ0) is 22.1. The number of halogens is 2. The van der Waals surface area contributed by atoms with E-state index < -0.39 is 0 Å². The van der Waals surface area contributed by atoms with Gasteiger partial charge in [-0.05, 0) is 60.7 Å². The average Bonchev–Trinajstić information content (AvgIpc) is 3.38. The lowest BCUT2D eigenvalue weighted by Crippen LogP contribution is -2.19. The summed E-state index contributed by atoms with van der Waals surface area (Å²) in [7, 11) is 1.97. The normalized spacial score (nSPS) is 11.2. The maximum absolute atomic E-state index is 13.3. The number of hydrogen-bond acceptors (Lipinski definition) is 3. The summed E-state index contributed by atoms with van der Waals surface area (Å²) in [6, 6.07) is 22.1. The van der Waals surface area contributed by atoms with E-state index in [0.29, 0.717) is 18.0 Å². The van der Waals surface area contributed by atoms with E-state index in [1.54, 1.807) is 12.1 Å². The van der Waals surface area contributed by atoms with E-state index in [1.807, 2.05) is 66.7 Å². The lowest BCUT2D eigenvalue weighted by atomic mass is 10.3. The van der Waals surface area contributed by atoms with Gasteiger partial charge in [-0.25, -0.2) is 14.4 Å². The van der Waals surface area contributed by atoms with E-state index >= 15 is 0 Å². The van der Waals surface area contributed by atoms with Gasteiger partial charge in [-0.15, -0.1) is 0 Å². The number of fused-ring (bicyclic) bond motifs is 1. The quantitative estimate of drug-likeness (QED) is 0.361. The molecule has 0 saturated carbocycles. The summed E-state index contributed by atoms with van der Waals surface area (Å²) < 4.78 is 15.4. The van der Waals surface area contributed by atoms with Gasteiger partial charge in [0.05, 0.1) is 23.3 Å². The predicted octanol–water partition coefficient (Wildman–Crippen LogP) is 5.77. The summed E-state index contributed by atoms with van der Waals surface area (Å²) in [5, 5.41) is 0.682. The SMILES string of the molecule is CN(Cc1nc(Cc2nc3ccccc3[nH]2)cn1-c1ccc(Cl)cc1)c1ccc(F)cc1. The Labute approximate surface area is 190 Å². The molecule has 5 aromatic rings. The molecule has 0 aliphatic carbocycles. The molecule has 0 aliphatic heterocycles.